The first kappa shape index (κ1) is 12.5. The average Bonchev–Trinajstić information content (AvgIpc) is 2.08. The number of rotatable bonds is 2. The number of alkyl halides is 1. The van der Waals surface area contributed by atoms with Crippen molar-refractivity contribution in [3.8, 4) is 5.75 Å². The van der Waals surface area contributed by atoms with Gasteiger partial charge in [-0.05, 0) is 17.7 Å². The van der Waals surface area contributed by atoms with E-state index < -0.39 is 12.7 Å². The number of phenolic OH excluding ortho intramolecular Hbond substituents is 1. The predicted octanol–water partition coefficient (Wildman–Crippen LogP) is 2.44. The lowest BCUT2D eigenvalue weighted by Crippen LogP contribution is -2.11. The zero-order valence-corrected chi connectivity index (χ0v) is 8.28. The Morgan fingerprint density at radius 2 is 2.15 bits per heavy atom. The molecule has 0 aliphatic carbocycles. The van der Waals surface area contributed by atoms with E-state index in [0.29, 0.717) is 5.56 Å². The smallest absolute Gasteiger partial charge is 0.134 e. The number of hydrogen-bond donors (Lipinski definition) is 2. The molecule has 13 heavy (non-hydrogen) atoms. The van der Waals surface area contributed by atoms with Gasteiger partial charge in [-0.3, -0.25) is 0 Å². The zero-order valence-electron chi connectivity index (χ0n) is 6.71. The van der Waals surface area contributed by atoms with Crippen molar-refractivity contribution in [2.24, 2.45) is 5.73 Å². The second-order valence-corrected chi connectivity index (χ2v) is 2.88. The Morgan fingerprint density at radius 3 is 2.62 bits per heavy atom. The summed E-state index contributed by atoms with van der Waals surface area (Å²) in [6.45, 7) is -0.638. The standard InChI is InChI=1S/C8H9ClFNO.ClH/c9-6-3-5(7(11)4-10)1-2-8(6)12;/h1-3,7,12H,4,11H2;1H/t7-;/m0./s1. The van der Waals surface area contributed by atoms with Crippen LogP contribution >= 0.6 is 24.0 Å². The van der Waals surface area contributed by atoms with Gasteiger partial charge in [-0.1, -0.05) is 17.7 Å². The quantitative estimate of drug-likeness (QED) is 0.813. The van der Waals surface area contributed by atoms with Crippen LogP contribution in [0.15, 0.2) is 18.2 Å². The maximum absolute atomic E-state index is 12.1. The fourth-order valence-corrected chi connectivity index (χ4v) is 1.03. The third kappa shape index (κ3) is 3.03. The molecule has 0 heterocycles. The summed E-state index contributed by atoms with van der Waals surface area (Å²) < 4.78 is 12.1. The van der Waals surface area contributed by atoms with Crippen molar-refractivity contribution in [2.75, 3.05) is 6.67 Å². The van der Waals surface area contributed by atoms with E-state index in [9.17, 15) is 4.39 Å². The second kappa shape index (κ2) is 5.27. The minimum atomic E-state index is -0.664. The first-order valence-electron chi connectivity index (χ1n) is 3.45. The molecular weight excluding hydrogens is 216 g/mol. The van der Waals surface area contributed by atoms with Gasteiger partial charge in [0.15, 0.2) is 0 Å². The highest BCUT2D eigenvalue weighted by Gasteiger charge is 2.07. The topological polar surface area (TPSA) is 46.2 Å². The molecule has 0 amide bonds. The second-order valence-electron chi connectivity index (χ2n) is 2.47. The third-order valence-electron chi connectivity index (χ3n) is 1.57. The van der Waals surface area contributed by atoms with Crippen molar-refractivity contribution < 1.29 is 9.50 Å². The van der Waals surface area contributed by atoms with E-state index in [-0.39, 0.29) is 23.2 Å². The number of nitrogens with two attached hydrogens (primary N) is 1. The highest BCUT2D eigenvalue weighted by Crippen LogP contribution is 2.25. The minimum absolute atomic E-state index is 0. The van der Waals surface area contributed by atoms with Crippen LogP contribution in [0.1, 0.15) is 11.6 Å². The molecule has 1 aromatic rings. The lowest BCUT2D eigenvalue weighted by atomic mass is 10.1. The summed E-state index contributed by atoms with van der Waals surface area (Å²) in [4.78, 5) is 0. The number of aromatic hydroxyl groups is 1. The van der Waals surface area contributed by atoms with Gasteiger partial charge < -0.3 is 10.8 Å². The molecule has 74 valence electrons. The van der Waals surface area contributed by atoms with E-state index in [2.05, 4.69) is 0 Å². The van der Waals surface area contributed by atoms with Crippen molar-refractivity contribution in [3.63, 3.8) is 0 Å². The van der Waals surface area contributed by atoms with Crippen molar-refractivity contribution in [1.82, 2.24) is 0 Å². The molecule has 5 heteroatoms. The molecule has 0 spiro atoms. The summed E-state index contributed by atoms with van der Waals surface area (Å²) in [5, 5.41) is 9.22. The summed E-state index contributed by atoms with van der Waals surface area (Å²) in [5.41, 5.74) is 5.98. The minimum Gasteiger partial charge on any atom is -0.506 e. The Hall–Kier alpha value is -0.510. The SMILES string of the molecule is Cl.N[C@@H](CF)c1ccc(O)c(Cl)c1. The summed E-state index contributed by atoms with van der Waals surface area (Å²) in [6.07, 6.45) is 0. The van der Waals surface area contributed by atoms with E-state index in [1.54, 1.807) is 6.07 Å². The summed E-state index contributed by atoms with van der Waals surface area (Å²) in [5.74, 6) is -0.0218. The summed E-state index contributed by atoms with van der Waals surface area (Å²) in [6, 6.07) is 3.74. The molecule has 0 saturated heterocycles. The van der Waals surface area contributed by atoms with Crippen molar-refractivity contribution in [2.45, 2.75) is 6.04 Å². The zero-order chi connectivity index (χ0) is 9.14. The molecule has 0 aliphatic rings. The van der Waals surface area contributed by atoms with Crippen molar-refractivity contribution in [1.29, 1.82) is 0 Å². The van der Waals surface area contributed by atoms with Gasteiger partial charge in [-0.25, -0.2) is 4.39 Å². The molecule has 0 radical (unpaired) electrons. The van der Waals surface area contributed by atoms with E-state index in [4.69, 9.17) is 22.4 Å². The van der Waals surface area contributed by atoms with Crippen LogP contribution in [0.25, 0.3) is 0 Å². The van der Waals surface area contributed by atoms with Gasteiger partial charge in [0.1, 0.15) is 12.4 Å². The van der Waals surface area contributed by atoms with Crippen LogP contribution in [0.3, 0.4) is 0 Å². The Kier molecular flexibility index (Phi) is 5.06. The molecule has 0 unspecified atom stereocenters. The van der Waals surface area contributed by atoms with Gasteiger partial charge in [0, 0.05) is 0 Å². The van der Waals surface area contributed by atoms with Crippen molar-refractivity contribution in [3.05, 3.63) is 28.8 Å². The van der Waals surface area contributed by atoms with Crippen LogP contribution in [0.4, 0.5) is 4.39 Å². The largest absolute Gasteiger partial charge is 0.506 e. The molecule has 0 aromatic heterocycles. The molecular formula is C8H10Cl2FNO. The molecule has 2 nitrogen and oxygen atoms in total. The molecule has 0 saturated carbocycles. The molecule has 1 aromatic carbocycles. The van der Waals surface area contributed by atoms with Crippen LogP contribution in [-0.4, -0.2) is 11.8 Å². The van der Waals surface area contributed by atoms with E-state index in [1.165, 1.54) is 12.1 Å². The molecule has 3 N–H and O–H groups in total. The lowest BCUT2D eigenvalue weighted by molar-refractivity contribution is 0.436. The fourth-order valence-electron chi connectivity index (χ4n) is 0.843. The van der Waals surface area contributed by atoms with Gasteiger partial charge in [-0.2, -0.15) is 0 Å². The summed E-state index contributed by atoms with van der Waals surface area (Å²) in [7, 11) is 0. The maximum atomic E-state index is 12.1. The Labute approximate surface area is 86.9 Å². The van der Waals surface area contributed by atoms with Gasteiger partial charge >= 0.3 is 0 Å². The molecule has 1 atom stereocenters. The highest BCUT2D eigenvalue weighted by molar-refractivity contribution is 6.32. The van der Waals surface area contributed by atoms with Crippen LogP contribution in [0.5, 0.6) is 5.75 Å². The van der Waals surface area contributed by atoms with E-state index >= 15 is 0 Å². The van der Waals surface area contributed by atoms with Gasteiger partial charge in [0.2, 0.25) is 0 Å². The first-order chi connectivity index (χ1) is 5.65. The predicted molar refractivity (Wildman–Crippen MR) is 53.3 cm³/mol. The third-order valence-corrected chi connectivity index (χ3v) is 1.87. The number of benzene rings is 1. The van der Waals surface area contributed by atoms with Gasteiger partial charge in [0.25, 0.3) is 0 Å². The van der Waals surface area contributed by atoms with Crippen LogP contribution in [0.2, 0.25) is 5.02 Å². The van der Waals surface area contributed by atoms with Crippen LogP contribution < -0.4 is 5.73 Å². The summed E-state index contributed by atoms with van der Waals surface area (Å²) >= 11 is 5.59. The van der Waals surface area contributed by atoms with Crippen molar-refractivity contribution >= 4 is 24.0 Å². The number of hydrogen-bond acceptors (Lipinski definition) is 2. The number of halogens is 3. The molecule has 1 rings (SSSR count). The maximum Gasteiger partial charge on any atom is 0.134 e. The molecule has 0 aliphatic heterocycles. The normalized spacial score (nSPS) is 11.9. The number of phenols is 1. The molecule has 0 bridgehead atoms. The lowest BCUT2D eigenvalue weighted by Gasteiger charge is -2.07. The monoisotopic (exact) mass is 225 g/mol. The Balaban J connectivity index is 0.00000144. The Morgan fingerprint density at radius 1 is 1.54 bits per heavy atom. The fraction of sp³-hybridized carbons (Fsp3) is 0.250. The first-order valence-corrected chi connectivity index (χ1v) is 3.83. The Bertz CT molecular complexity index is 283. The van der Waals surface area contributed by atoms with Gasteiger partial charge in [-0.15, -0.1) is 12.4 Å². The van der Waals surface area contributed by atoms with Crippen LogP contribution in [0, 0.1) is 0 Å². The van der Waals surface area contributed by atoms with Crippen LogP contribution in [-0.2, 0) is 0 Å². The van der Waals surface area contributed by atoms with Gasteiger partial charge in [0.05, 0.1) is 11.1 Å². The molecule has 0 fully saturated rings. The van der Waals surface area contributed by atoms with E-state index in [1.807, 2.05) is 0 Å². The highest BCUT2D eigenvalue weighted by atomic mass is 35.5. The average molecular weight is 226 g/mol. The van der Waals surface area contributed by atoms with E-state index in [0.717, 1.165) is 0 Å².